The van der Waals surface area contributed by atoms with E-state index >= 15 is 0 Å². The Morgan fingerprint density at radius 3 is 2.13 bits per heavy atom. The Hall–Kier alpha value is -3.71. The molecule has 7 nitrogen and oxygen atoms in total. The average Bonchev–Trinajstić information content (AvgIpc) is 2.94. The first kappa shape index (κ1) is 27.3. The molecule has 2 fully saturated rings. The molecule has 0 radical (unpaired) electrons. The third kappa shape index (κ3) is 7.42. The fourth-order valence-electron chi connectivity index (χ4n) is 5.64. The highest BCUT2D eigenvalue weighted by Crippen LogP contribution is 2.27. The van der Waals surface area contributed by atoms with Crippen LogP contribution in [-0.2, 0) is 27.3 Å². The molecule has 7 heteroatoms. The van der Waals surface area contributed by atoms with Crippen LogP contribution in [0.4, 0.5) is 0 Å². The average molecular weight is 517 g/mol. The van der Waals surface area contributed by atoms with Gasteiger partial charge in [-0.05, 0) is 66.5 Å². The molecule has 1 unspecified atom stereocenters. The second-order valence-electron chi connectivity index (χ2n) is 10.3. The maximum absolute atomic E-state index is 13.3. The van der Waals surface area contributed by atoms with Crippen LogP contribution in [-0.4, -0.2) is 64.0 Å². The maximum Gasteiger partial charge on any atom is 0.414 e. The first-order valence-electron chi connectivity index (χ1n) is 13.4. The molecule has 2 heterocycles. The topological polar surface area (TPSA) is 98.2 Å². The number of hydrogen-bond donors (Lipinski definition) is 2. The predicted molar refractivity (Wildman–Crippen MR) is 147 cm³/mol. The van der Waals surface area contributed by atoms with E-state index in [-0.39, 0.29) is 5.92 Å². The molecule has 3 aromatic carbocycles. The number of amides is 1. The monoisotopic (exact) mass is 516 g/mol. The van der Waals surface area contributed by atoms with Gasteiger partial charge >= 0.3 is 11.9 Å². The van der Waals surface area contributed by atoms with Gasteiger partial charge in [-0.1, -0.05) is 72.8 Å². The van der Waals surface area contributed by atoms with Gasteiger partial charge in [-0.15, -0.1) is 0 Å². The van der Waals surface area contributed by atoms with Crippen molar-refractivity contribution < 1.29 is 24.6 Å². The van der Waals surface area contributed by atoms with Gasteiger partial charge in [0.05, 0.1) is 5.92 Å². The van der Waals surface area contributed by atoms with Crippen molar-refractivity contribution in [1.82, 2.24) is 9.80 Å². The van der Waals surface area contributed by atoms with Crippen molar-refractivity contribution in [3.05, 3.63) is 83.9 Å². The molecule has 1 amide bonds. The summed E-state index contributed by atoms with van der Waals surface area (Å²) in [4.78, 5) is 36.2. The summed E-state index contributed by atoms with van der Waals surface area (Å²) in [6.45, 7) is 4.77. The highest BCUT2D eigenvalue weighted by atomic mass is 16.4. The third-order valence-electron chi connectivity index (χ3n) is 7.61. The third-order valence-corrected chi connectivity index (χ3v) is 7.61. The SMILES string of the molecule is O=C(C1CCCN(Cc2cccc3ccccc23)C1)N1CCC(Cc2ccccc2)CC1.O=C(O)C(=O)O. The summed E-state index contributed by atoms with van der Waals surface area (Å²) in [5.41, 5.74) is 2.80. The first-order valence-corrected chi connectivity index (χ1v) is 13.4. The molecule has 0 aromatic heterocycles. The molecule has 3 aromatic rings. The van der Waals surface area contributed by atoms with E-state index in [9.17, 15) is 4.79 Å². The van der Waals surface area contributed by atoms with E-state index in [0.717, 1.165) is 64.8 Å². The molecule has 2 aliphatic heterocycles. The fraction of sp³-hybridized carbons (Fsp3) is 0.387. The van der Waals surface area contributed by atoms with Crippen LogP contribution in [0.3, 0.4) is 0 Å². The van der Waals surface area contributed by atoms with Crippen molar-refractivity contribution in [1.29, 1.82) is 0 Å². The van der Waals surface area contributed by atoms with Crippen LogP contribution in [0.1, 0.15) is 36.8 Å². The Morgan fingerprint density at radius 1 is 0.763 bits per heavy atom. The number of hydrogen-bond acceptors (Lipinski definition) is 4. The van der Waals surface area contributed by atoms with Gasteiger partial charge in [0.15, 0.2) is 0 Å². The van der Waals surface area contributed by atoms with E-state index in [4.69, 9.17) is 19.8 Å². The summed E-state index contributed by atoms with van der Waals surface area (Å²) in [6.07, 6.45) is 5.56. The van der Waals surface area contributed by atoms with Gasteiger partial charge in [0.2, 0.25) is 5.91 Å². The Bertz CT molecular complexity index is 1220. The number of rotatable bonds is 5. The quantitative estimate of drug-likeness (QED) is 0.478. The van der Waals surface area contributed by atoms with E-state index in [1.54, 1.807) is 0 Å². The summed E-state index contributed by atoms with van der Waals surface area (Å²) >= 11 is 0. The van der Waals surface area contributed by atoms with Crippen LogP contribution in [0.25, 0.3) is 10.8 Å². The maximum atomic E-state index is 13.3. The second-order valence-corrected chi connectivity index (χ2v) is 10.3. The Morgan fingerprint density at radius 2 is 1.42 bits per heavy atom. The van der Waals surface area contributed by atoms with E-state index in [0.29, 0.717) is 11.8 Å². The van der Waals surface area contributed by atoms with Gasteiger partial charge in [0.25, 0.3) is 0 Å². The molecule has 1 atom stereocenters. The van der Waals surface area contributed by atoms with Gasteiger partial charge < -0.3 is 15.1 Å². The van der Waals surface area contributed by atoms with E-state index in [1.807, 2.05) is 0 Å². The zero-order valence-corrected chi connectivity index (χ0v) is 21.7. The summed E-state index contributed by atoms with van der Waals surface area (Å²) in [5.74, 6) is -2.39. The number of nitrogens with zero attached hydrogens (tertiary/aromatic N) is 2. The van der Waals surface area contributed by atoms with E-state index in [2.05, 4.69) is 82.6 Å². The molecule has 2 aliphatic rings. The van der Waals surface area contributed by atoms with Gasteiger partial charge in [0, 0.05) is 26.2 Å². The van der Waals surface area contributed by atoms with Crippen LogP contribution in [0.2, 0.25) is 0 Å². The zero-order chi connectivity index (χ0) is 26.9. The number of carbonyl (C=O) groups excluding carboxylic acids is 1. The number of carboxylic acid groups (broad SMARTS) is 2. The van der Waals surface area contributed by atoms with Crippen LogP contribution < -0.4 is 0 Å². The minimum Gasteiger partial charge on any atom is -0.473 e. The summed E-state index contributed by atoms with van der Waals surface area (Å²) in [6, 6.07) is 26.0. The minimum atomic E-state index is -1.82. The number of benzene rings is 3. The van der Waals surface area contributed by atoms with E-state index in [1.165, 1.54) is 21.9 Å². The smallest absolute Gasteiger partial charge is 0.414 e. The summed E-state index contributed by atoms with van der Waals surface area (Å²) in [5, 5.41) is 17.4. The molecule has 5 rings (SSSR count). The minimum absolute atomic E-state index is 0.157. The molecule has 0 aliphatic carbocycles. The first-order chi connectivity index (χ1) is 18.4. The normalized spacial score (nSPS) is 18.4. The highest BCUT2D eigenvalue weighted by molar-refractivity contribution is 6.27. The zero-order valence-electron chi connectivity index (χ0n) is 21.7. The van der Waals surface area contributed by atoms with E-state index < -0.39 is 11.9 Å². The van der Waals surface area contributed by atoms with Crippen molar-refractivity contribution >= 4 is 28.6 Å². The lowest BCUT2D eigenvalue weighted by Crippen LogP contribution is -2.47. The molecule has 2 saturated heterocycles. The number of fused-ring (bicyclic) bond motifs is 1. The number of carbonyl (C=O) groups is 3. The molecule has 0 bridgehead atoms. The molecule has 0 saturated carbocycles. The summed E-state index contributed by atoms with van der Waals surface area (Å²) < 4.78 is 0. The van der Waals surface area contributed by atoms with Crippen molar-refractivity contribution in [2.24, 2.45) is 11.8 Å². The van der Waals surface area contributed by atoms with Crippen LogP contribution in [0, 0.1) is 11.8 Å². The van der Waals surface area contributed by atoms with Gasteiger partial charge in [-0.25, -0.2) is 9.59 Å². The number of piperidine rings is 2. The second kappa shape index (κ2) is 13.2. The van der Waals surface area contributed by atoms with Gasteiger partial charge in [-0.3, -0.25) is 9.69 Å². The molecule has 0 spiro atoms. The molecule has 2 N–H and O–H groups in total. The fourth-order valence-corrected chi connectivity index (χ4v) is 5.64. The van der Waals surface area contributed by atoms with Crippen molar-refractivity contribution in [3.63, 3.8) is 0 Å². The number of likely N-dealkylation sites (tertiary alicyclic amines) is 2. The Labute approximate surface area is 223 Å². The number of aliphatic carboxylic acids is 2. The van der Waals surface area contributed by atoms with Crippen molar-refractivity contribution in [2.45, 2.75) is 38.6 Å². The standard InChI is InChI=1S/C29H34N2O.C2H2O4/c32-29(31-18-15-24(16-19-31)20-23-8-2-1-3-9-23)27-13-7-17-30(22-27)21-26-12-6-11-25-10-4-5-14-28(25)26;3-1(4)2(5)6/h1-6,8-12,14,24,27H,7,13,15-22H2;(H,3,4)(H,5,6). The highest BCUT2D eigenvalue weighted by Gasteiger charge is 2.31. The lowest BCUT2D eigenvalue weighted by molar-refractivity contribution is -0.159. The van der Waals surface area contributed by atoms with Crippen LogP contribution in [0.5, 0.6) is 0 Å². The molecule has 200 valence electrons. The molecular formula is C31H36N2O5. The van der Waals surface area contributed by atoms with Crippen LogP contribution >= 0.6 is 0 Å². The molecular weight excluding hydrogens is 480 g/mol. The summed E-state index contributed by atoms with van der Waals surface area (Å²) in [7, 11) is 0. The largest absolute Gasteiger partial charge is 0.473 e. The van der Waals surface area contributed by atoms with Crippen molar-refractivity contribution in [3.8, 4) is 0 Å². The van der Waals surface area contributed by atoms with Crippen molar-refractivity contribution in [2.75, 3.05) is 26.2 Å². The Balaban J connectivity index is 0.000000505. The lowest BCUT2D eigenvalue weighted by atomic mass is 9.89. The number of carboxylic acids is 2. The Kier molecular flexibility index (Phi) is 9.49. The van der Waals surface area contributed by atoms with Gasteiger partial charge in [-0.2, -0.15) is 0 Å². The van der Waals surface area contributed by atoms with Gasteiger partial charge in [0.1, 0.15) is 0 Å². The predicted octanol–water partition coefficient (Wildman–Crippen LogP) is 4.69. The van der Waals surface area contributed by atoms with Crippen LogP contribution in [0.15, 0.2) is 72.8 Å². The molecule has 38 heavy (non-hydrogen) atoms. The lowest BCUT2D eigenvalue weighted by Gasteiger charge is -2.38.